The van der Waals surface area contributed by atoms with Gasteiger partial charge in [0.05, 0.1) is 79.2 Å². The third-order valence-electron chi connectivity index (χ3n) is 28.0. The Morgan fingerprint density at radius 1 is 0.378 bits per heavy atom. The van der Waals surface area contributed by atoms with Gasteiger partial charge in [-0.05, 0) is 216 Å². The Morgan fingerprint density at radius 3 is 0.972 bits per heavy atom. The van der Waals surface area contributed by atoms with E-state index in [9.17, 15) is 24.3 Å². The van der Waals surface area contributed by atoms with Gasteiger partial charge in [0.2, 0.25) is 23.5 Å². The molecule has 5 heterocycles. The Hall–Kier alpha value is -14.7. The number of nitrogens with zero attached hydrogens (tertiary/aromatic N) is 10. The van der Waals surface area contributed by atoms with Crippen molar-refractivity contribution in [2.45, 2.75) is 246 Å². The smallest absolute Gasteiger partial charge is 0.225 e. The average molecular weight is 1920 g/mol. The maximum Gasteiger partial charge on any atom is 0.225 e. The summed E-state index contributed by atoms with van der Waals surface area (Å²) in [5.74, 6) is 12.1. The highest BCUT2D eigenvalue weighted by atomic mass is 16.5. The van der Waals surface area contributed by atoms with Gasteiger partial charge in [-0.2, -0.15) is 19.9 Å². The van der Waals surface area contributed by atoms with Crippen LogP contribution in [-0.2, 0) is 51.4 Å². The highest BCUT2D eigenvalue weighted by Crippen LogP contribution is 2.47. The molecule has 0 atom stereocenters. The topological polar surface area (TPSA) is 295 Å². The summed E-state index contributed by atoms with van der Waals surface area (Å²) in [5.41, 5.74) is 25.3. The van der Waals surface area contributed by atoms with E-state index in [0.29, 0.717) is 163 Å². The van der Waals surface area contributed by atoms with Crippen LogP contribution in [-0.4, -0.2) is 140 Å². The van der Waals surface area contributed by atoms with Gasteiger partial charge in [-0.25, -0.2) is 19.9 Å². The van der Waals surface area contributed by atoms with Gasteiger partial charge in [-0.15, -0.1) is 6.42 Å². The number of phenols is 1. The number of methoxy groups -OCH3 is 4. The zero-order chi connectivity index (χ0) is 99.9. The third kappa shape index (κ3) is 23.1. The zero-order valence-corrected chi connectivity index (χ0v) is 84.1. The zero-order valence-electron chi connectivity index (χ0n) is 84.1. The number of hydrogen-bond acceptors (Lipinski definition) is 24. The van der Waals surface area contributed by atoms with Crippen molar-refractivity contribution in [3.63, 3.8) is 0 Å². The SMILES string of the molecule is C#Cc1cccc(C2=CCc3nc(Cc4ccc(C(=O)CC)cc4OC)nc(OC4CCCC4)c32)c1.CCC(=O)c1ccc(Cc2nc3c(c(OC4CCCC4)n2)C(c2c(C)noc2C)=CC3)c(OC)c1.CCC(=O)c1ccc(Cc2nc3c(c(OC4CCCC4)n2)C(c2cccc(N(C)C)c2)=CC3)c(OC)c1.CCC(=O)c1ccc(Cc2nc3c(c(OC4CCCC4)n2)C(c2cccc(O)c2)=CC3)c(OC)c1. The number of aryl methyl sites for hydroxylation is 2. The minimum absolute atomic E-state index is 0.0847. The summed E-state index contributed by atoms with van der Waals surface area (Å²) in [7, 11) is 10.6. The molecule has 143 heavy (non-hydrogen) atoms. The van der Waals surface area contributed by atoms with Crippen molar-refractivity contribution >= 4 is 51.1 Å². The first-order valence-electron chi connectivity index (χ1n) is 50.5. The Morgan fingerprint density at radius 2 is 0.678 bits per heavy atom. The molecule has 4 saturated carbocycles. The molecule has 0 amide bonds. The molecule has 12 aromatic rings. The summed E-state index contributed by atoms with van der Waals surface area (Å²) in [4.78, 5) is 90.3. The number of aromatic nitrogens is 9. The minimum atomic E-state index is 0.0847. The molecule has 8 aliphatic carbocycles. The maximum absolute atomic E-state index is 12.2. The number of ether oxygens (including phenoxy) is 8. The van der Waals surface area contributed by atoms with Crippen molar-refractivity contribution in [1.29, 1.82) is 0 Å². The normalized spacial score (nSPS) is 15.0. The molecule has 0 unspecified atom stereocenters. The highest BCUT2D eigenvalue weighted by Gasteiger charge is 2.36. The fourth-order valence-electron chi connectivity index (χ4n) is 20.4. The Kier molecular flexibility index (Phi) is 32.0. The van der Waals surface area contributed by atoms with Crippen LogP contribution in [0.5, 0.6) is 52.3 Å². The maximum atomic E-state index is 12.2. The molecule has 1 N–H and O–H groups in total. The van der Waals surface area contributed by atoms with Gasteiger partial charge in [0.1, 0.15) is 82.2 Å². The number of terminal acetylenes is 1. The van der Waals surface area contributed by atoms with E-state index in [1.54, 1.807) is 46.6 Å². The summed E-state index contributed by atoms with van der Waals surface area (Å²) >= 11 is 0. The number of rotatable bonds is 33. The second-order valence-corrected chi connectivity index (χ2v) is 37.8. The van der Waals surface area contributed by atoms with Crippen molar-refractivity contribution in [2.24, 2.45) is 0 Å². The van der Waals surface area contributed by atoms with Crippen LogP contribution in [0, 0.1) is 26.2 Å². The lowest BCUT2D eigenvalue weighted by molar-refractivity contribution is 0.0980. The van der Waals surface area contributed by atoms with Gasteiger partial charge in [0, 0.05) is 152 Å². The number of hydrogen-bond donors (Lipinski definition) is 1. The summed E-state index contributed by atoms with van der Waals surface area (Å²) in [6, 6.07) is 46.2. The molecule has 20 rings (SSSR count). The summed E-state index contributed by atoms with van der Waals surface area (Å²) in [6.45, 7) is 11.3. The number of allylic oxidation sites excluding steroid dienone is 4. The van der Waals surface area contributed by atoms with Crippen LogP contribution in [0.2, 0.25) is 0 Å². The number of phenolic OH excluding ortho intramolecular Hbond substituents is 1. The number of carbonyl (C=O) groups excluding carboxylic acids is 4. The summed E-state index contributed by atoms with van der Waals surface area (Å²) in [5, 5.41) is 14.2. The van der Waals surface area contributed by atoms with E-state index in [0.717, 1.165) is 192 Å². The molecule has 0 spiro atoms. The first-order valence-corrected chi connectivity index (χ1v) is 50.5. The molecule has 8 aliphatic rings. The number of benzene rings is 7. The lowest BCUT2D eigenvalue weighted by Gasteiger charge is -2.19. The minimum Gasteiger partial charge on any atom is -0.508 e. The summed E-state index contributed by atoms with van der Waals surface area (Å²) < 4.78 is 54.0. The standard InChI is InChI=1S/C31H35N3O3.C31H30N2O3.C29H30N2O4.C28H31N3O4/c1-5-27(35)21-13-14-22(28(18-21)36-4)19-29-32-26-16-15-25(20-9-8-10-23(17-20)34(2)3)30(26)31(33-29)37-24-11-6-7-12-24;1-4-20-9-8-10-21(17-20)25-15-16-26-30(25)31(36-24-11-6-7-12-24)33-29(32-26)19-23-14-13-22(27(34)5-2)18-28(23)35-3;1-3-25(33)19-11-12-20(26(16-19)34-2)17-27-30-24-14-13-23(18-7-6-8-21(32)15-18)28(24)29(31-27)35-22-9-4-5-10-22;1-5-23(32)18-10-11-19(24(14-18)33-4)15-25-29-22-13-12-21(26-16(2)31-35-17(26)3)27(22)28(30-25)34-20-8-6-7-9-20/h8-10,13-15,17-18,24H,5-7,11-12,16,19H2,1-4H3;1,8-10,13-15,17-18,24H,5-7,11-12,16,19H2,2-3H3;6-8,11-13,15-16,22,32H,3-5,9-10,14,17H2,1-2H3;10-12,14,20H,5-9,13,15H2,1-4H3. The predicted molar refractivity (Wildman–Crippen MR) is 554 cm³/mol. The van der Waals surface area contributed by atoms with E-state index in [-0.39, 0.29) is 53.3 Å². The largest absolute Gasteiger partial charge is 0.508 e. The molecule has 7 aromatic carbocycles. The highest BCUT2D eigenvalue weighted by molar-refractivity contribution is 5.99. The van der Waals surface area contributed by atoms with E-state index in [1.807, 2.05) is 139 Å². The number of Topliss-reactive ketones (excluding diaryl/α,β-unsaturated/α-hetero) is 4. The van der Waals surface area contributed by atoms with Crippen molar-refractivity contribution < 1.29 is 66.7 Å². The van der Waals surface area contributed by atoms with E-state index in [2.05, 4.69) is 84.7 Å². The second kappa shape index (κ2) is 45.9. The van der Waals surface area contributed by atoms with Crippen LogP contribution < -0.4 is 42.8 Å². The molecule has 736 valence electrons. The first kappa shape index (κ1) is 99.8. The molecule has 0 bridgehead atoms. The molecule has 24 heteroatoms. The lowest BCUT2D eigenvalue weighted by atomic mass is 9.99. The lowest BCUT2D eigenvalue weighted by Crippen LogP contribution is -2.15. The van der Waals surface area contributed by atoms with Gasteiger partial charge in [-0.1, -0.05) is 148 Å². The van der Waals surface area contributed by atoms with Crippen LogP contribution in [0.25, 0.3) is 22.3 Å². The molecular weight excluding hydrogens is 1790 g/mol. The Balaban J connectivity index is 0.000000131. The van der Waals surface area contributed by atoms with Gasteiger partial charge >= 0.3 is 0 Å². The fourth-order valence-corrected chi connectivity index (χ4v) is 20.4. The summed E-state index contributed by atoms with van der Waals surface area (Å²) in [6.07, 6.45) is 39.4. The number of anilines is 1. The molecule has 0 radical (unpaired) electrons. The van der Waals surface area contributed by atoms with Crippen LogP contribution in [0.4, 0.5) is 5.69 Å². The molecule has 0 saturated heterocycles. The van der Waals surface area contributed by atoms with Crippen molar-refractivity contribution in [3.8, 4) is 64.6 Å². The number of carbonyl (C=O) groups is 4. The van der Waals surface area contributed by atoms with E-state index < -0.39 is 0 Å². The van der Waals surface area contributed by atoms with Crippen molar-refractivity contribution in [2.75, 3.05) is 47.4 Å². The molecule has 24 nitrogen and oxygen atoms in total. The van der Waals surface area contributed by atoms with Crippen molar-refractivity contribution in [1.82, 2.24) is 45.0 Å². The molecule has 4 fully saturated rings. The van der Waals surface area contributed by atoms with E-state index in [4.69, 9.17) is 88.7 Å². The van der Waals surface area contributed by atoms with Crippen LogP contribution in [0.3, 0.4) is 0 Å². The monoisotopic (exact) mass is 1920 g/mol. The van der Waals surface area contributed by atoms with Gasteiger partial charge in [-0.3, -0.25) is 19.2 Å². The molecule has 5 aromatic heterocycles. The fraction of sp³-hybridized carbons (Fsp3) is 0.370. The quantitative estimate of drug-likeness (QED) is 0.0295. The van der Waals surface area contributed by atoms with E-state index in [1.165, 1.54) is 51.4 Å². The predicted octanol–water partition coefficient (Wildman–Crippen LogP) is 23.3. The Bertz CT molecular complexity index is 6930. The van der Waals surface area contributed by atoms with Crippen LogP contribution in [0.1, 0.15) is 327 Å². The van der Waals surface area contributed by atoms with Crippen LogP contribution >= 0.6 is 0 Å². The average Bonchev–Trinajstić information content (AvgIpc) is 1.63. The molecule has 0 aliphatic heterocycles. The van der Waals surface area contributed by atoms with Gasteiger partial charge in [0.15, 0.2) is 23.1 Å². The number of fused-ring (bicyclic) bond motifs is 4. The first-order chi connectivity index (χ1) is 69.6. The number of ketones is 4. The number of aromatic hydroxyl groups is 1. The van der Waals surface area contributed by atoms with Crippen LogP contribution in [0.15, 0.2) is 174 Å². The molecular formula is C119H126N10O14. The van der Waals surface area contributed by atoms with Crippen molar-refractivity contribution in [3.05, 3.63) is 322 Å². The third-order valence-corrected chi connectivity index (χ3v) is 28.0. The van der Waals surface area contributed by atoms with Gasteiger partial charge < -0.3 is 52.4 Å². The van der Waals surface area contributed by atoms with E-state index >= 15 is 0 Å². The Labute approximate surface area is 837 Å². The van der Waals surface area contributed by atoms with Gasteiger partial charge in [0.25, 0.3) is 0 Å². The second-order valence-electron chi connectivity index (χ2n) is 37.8.